The van der Waals surface area contributed by atoms with E-state index in [1.807, 2.05) is 11.8 Å². The molecule has 0 bridgehead atoms. The van der Waals surface area contributed by atoms with Gasteiger partial charge < -0.3 is 10.6 Å². The molecule has 0 radical (unpaired) electrons. The molecule has 1 aromatic carbocycles. The molecule has 100 valence electrons. The summed E-state index contributed by atoms with van der Waals surface area (Å²) < 4.78 is 0. The van der Waals surface area contributed by atoms with Gasteiger partial charge in [0.25, 0.3) is 0 Å². The van der Waals surface area contributed by atoms with Crippen LogP contribution in [-0.4, -0.2) is 36.3 Å². The fraction of sp³-hybridized carbons (Fsp3) is 0.600. The second-order valence-electron chi connectivity index (χ2n) is 5.82. The molecular weight excluding hydrogens is 240 g/mol. The van der Waals surface area contributed by atoms with Crippen molar-refractivity contribution >= 4 is 11.8 Å². The molecule has 0 aromatic heterocycles. The third kappa shape index (κ3) is 3.74. The lowest BCUT2D eigenvalue weighted by molar-refractivity contribution is 0.101. The average molecular weight is 264 g/mol. The van der Waals surface area contributed by atoms with Gasteiger partial charge in [0.05, 0.1) is 0 Å². The summed E-state index contributed by atoms with van der Waals surface area (Å²) in [5.74, 6) is 1.16. The van der Waals surface area contributed by atoms with Crippen molar-refractivity contribution in [2.75, 3.05) is 25.4 Å². The number of likely N-dealkylation sites (tertiary alicyclic amines) is 1. The maximum Gasteiger partial charge on any atom is 0.0115 e. The van der Waals surface area contributed by atoms with Crippen LogP contribution >= 0.6 is 11.8 Å². The van der Waals surface area contributed by atoms with Crippen LogP contribution in [0.3, 0.4) is 0 Å². The average Bonchev–Trinajstić information content (AvgIpc) is 2.35. The van der Waals surface area contributed by atoms with Gasteiger partial charge in [-0.05, 0) is 30.5 Å². The van der Waals surface area contributed by atoms with Gasteiger partial charge in [-0.2, -0.15) is 0 Å². The number of hydrogen-bond acceptors (Lipinski definition) is 3. The first-order chi connectivity index (χ1) is 8.58. The van der Waals surface area contributed by atoms with Gasteiger partial charge in [0.2, 0.25) is 0 Å². The van der Waals surface area contributed by atoms with E-state index in [9.17, 15) is 0 Å². The zero-order chi connectivity index (χ0) is 13.0. The van der Waals surface area contributed by atoms with E-state index in [0.717, 1.165) is 31.8 Å². The summed E-state index contributed by atoms with van der Waals surface area (Å²) >= 11 is 1.94. The van der Waals surface area contributed by atoms with Crippen LogP contribution in [0.25, 0.3) is 0 Å². The normalized spacial score (nSPS) is 24.1. The van der Waals surface area contributed by atoms with Gasteiger partial charge >= 0.3 is 0 Å². The quantitative estimate of drug-likeness (QED) is 0.848. The van der Waals surface area contributed by atoms with Crippen LogP contribution in [0.2, 0.25) is 0 Å². The second kappa shape index (κ2) is 6.09. The molecule has 18 heavy (non-hydrogen) atoms. The van der Waals surface area contributed by atoms with Crippen LogP contribution < -0.4 is 5.73 Å². The van der Waals surface area contributed by atoms with Crippen molar-refractivity contribution in [2.45, 2.75) is 31.2 Å². The molecule has 1 unspecified atom stereocenters. The van der Waals surface area contributed by atoms with Crippen molar-refractivity contribution in [3.63, 3.8) is 0 Å². The molecule has 1 fully saturated rings. The number of rotatable bonds is 4. The Hall–Kier alpha value is -0.510. The molecule has 1 heterocycles. The molecule has 0 saturated carbocycles. The molecule has 2 nitrogen and oxygen atoms in total. The summed E-state index contributed by atoms with van der Waals surface area (Å²) in [5.41, 5.74) is 6.42. The third-order valence-electron chi connectivity index (χ3n) is 3.81. The summed E-state index contributed by atoms with van der Waals surface area (Å²) in [6.45, 7) is 8.02. The highest BCUT2D eigenvalue weighted by Crippen LogP contribution is 2.28. The van der Waals surface area contributed by atoms with Crippen LogP contribution in [0.1, 0.15) is 20.3 Å². The molecule has 1 aliphatic heterocycles. The van der Waals surface area contributed by atoms with Crippen LogP contribution in [0.15, 0.2) is 35.2 Å². The Labute approximate surface area is 115 Å². The maximum atomic E-state index is 6.16. The van der Waals surface area contributed by atoms with Crippen LogP contribution in [0.5, 0.6) is 0 Å². The molecule has 3 heteroatoms. The minimum Gasteiger partial charge on any atom is -0.327 e. The monoisotopic (exact) mass is 264 g/mol. The predicted octanol–water partition coefficient (Wildman–Crippen LogP) is 2.84. The van der Waals surface area contributed by atoms with Gasteiger partial charge in [0.15, 0.2) is 0 Å². The Morgan fingerprint density at radius 2 is 2.06 bits per heavy atom. The summed E-state index contributed by atoms with van der Waals surface area (Å²) in [5, 5.41) is 0. The van der Waals surface area contributed by atoms with E-state index in [1.165, 1.54) is 4.90 Å². The zero-order valence-corrected chi connectivity index (χ0v) is 12.2. The molecule has 1 saturated heterocycles. The fourth-order valence-electron chi connectivity index (χ4n) is 2.49. The number of hydrogen-bond donors (Lipinski definition) is 1. The molecule has 1 aromatic rings. The number of piperidine rings is 1. The zero-order valence-electron chi connectivity index (χ0n) is 11.4. The minimum atomic E-state index is 0.260. The van der Waals surface area contributed by atoms with Crippen LogP contribution in [0.4, 0.5) is 0 Å². The number of thioether (sulfide) groups is 1. The van der Waals surface area contributed by atoms with E-state index in [4.69, 9.17) is 5.73 Å². The highest BCUT2D eigenvalue weighted by atomic mass is 32.2. The van der Waals surface area contributed by atoms with Gasteiger partial charge in [-0.1, -0.05) is 32.0 Å². The number of benzene rings is 1. The van der Waals surface area contributed by atoms with Crippen molar-refractivity contribution in [2.24, 2.45) is 11.1 Å². The lowest BCUT2D eigenvalue weighted by Gasteiger charge is -2.42. The Bertz CT molecular complexity index is 364. The van der Waals surface area contributed by atoms with Crippen molar-refractivity contribution < 1.29 is 0 Å². The van der Waals surface area contributed by atoms with E-state index in [2.05, 4.69) is 49.1 Å². The van der Waals surface area contributed by atoms with Crippen molar-refractivity contribution in [3.8, 4) is 0 Å². The minimum absolute atomic E-state index is 0.260. The first-order valence-corrected chi connectivity index (χ1v) is 7.72. The Morgan fingerprint density at radius 1 is 1.33 bits per heavy atom. The van der Waals surface area contributed by atoms with Gasteiger partial charge in [-0.3, -0.25) is 0 Å². The third-order valence-corrected chi connectivity index (χ3v) is 4.80. The molecule has 2 rings (SSSR count). The van der Waals surface area contributed by atoms with E-state index >= 15 is 0 Å². The molecule has 2 N–H and O–H groups in total. The van der Waals surface area contributed by atoms with E-state index in [-0.39, 0.29) is 5.41 Å². The van der Waals surface area contributed by atoms with Crippen molar-refractivity contribution in [1.29, 1.82) is 0 Å². The smallest absolute Gasteiger partial charge is 0.0115 e. The highest BCUT2D eigenvalue weighted by Gasteiger charge is 2.32. The summed E-state index contributed by atoms with van der Waals surface area (Å²) in [6.07, 6.45) is 1.13. The Balaban J connectivity index is 1.75. The van der Waals surface area contributed by atoms with E-state index < -0.39 is 0 Å². The fourth-order valence-corrected chi connectivity index (χ4v) is 3.42. The molecular formula is C15H24N2S. The summed E-state index contributed by atoms with van der Waals surface area (Å²) in [6, 6.07) is 11.0. The van der Waals surface area contributed by atoms with Gasteiger partial charge in [0, 0.05) is 29.8 Å². The highest BCUT2D eigenvalue weighted by molar-refractivity contribution is 7.99. The first kappa shape index (κ1) is 13.9. The molecule has 0 aliphatic carbocycles. The lowest BCUT2D eigenvalue weighted by Crippen LogP contribution is -2.52. The number of nitrogens with zero attached hydrogens (tertiary/aromatic N) is 1. The van der Waals surface area contributed by atoms with Crippen LogP contribution in [0, 0.1) is 5.41 Å². The second-order valence-corrected chi connectivity index (χ2v) is 6.99. The number of nitrogens with two attached hydrogens (primary N) is 1. The van der Waals surface area contributed by atoms with E-state index in [0.29, 0.717) is 6.04 Å². The SMILES string of the molecule is CC1(C)CN(CCSc2ccccc2)CCC1N. The largest absolute Gasteiger partial charge is 0.327 e. The lowest BCUT2D eigenvalue weighted by atomic mass is 9.80. The summed E-state index contributed by atoms with van der Waals surface area (Å²) in [7, 11) is 0. The van der Waals surface area contributed by atoms with Gasteiger partial charge in [-0.25, -0.2) is 0 Å². The Kier molecular flexibility index (Phi) is 4.71. The standard InChI is InChI=1S/C15H24N2S/c1-15(2)12-17(9-8-14(15)16)10-11-18-13-6-4-3-5-7-13/h3-7,14H,8-12,16H2,1-2H3. The molecule has 1 aliphatic rings. The van der Waals surface area contributed by atoms with Crippen molar-refractivity contribution in [1.82, 2.24) is 4.90 Å². The summed E-state index contributed by atoms with van der Waals surface area (Å²) in [4.78, 5) is 3.92. The topological polar surface area (TPSA) is 29.3 Å². The van der Waals surface area contributed by atoms with Crippen molar-refractivity contribution in [3.05, 3.63) is 30.3 Å². The maximum absolute atomic E-state index is 6.16. The Morgan fingerprint density at radius 3 is 2.72 bits per heavy atom. The molecule has 0 spiro atoms. The molecule has 1 atom stereocenters. The van der Waals surface area contributed by atoms with Gasteiger partial charge in [0.1, 0.15) is 0 Å². The van der Waals surface area contributed by atoms with Gasteiger partial charge in [-0.15, -0.1) is 11.8 Å². The van der Waals surface area contributed by atoms with E-state index in [1.54, 1.807) is 0 Å². The first-order valence-electron chi connectivity index (χ1n) is 6.74. The molecule has 0 amide bonds. The predicted molar refractivity (Wildman–Crippen MR) is 80.0 cm³/mol. The van der Waals surface area contributed by atoms with Crippen LogP contribution in [-0.2, 0) is 0 Å².